The van der Waals surface area contributed by atoms with E-state index in [1.165, 1.54) is 24.8 Å². The zero-order valence-electron chi connectivity index (χ0n) is 6.66. The van der Waals surface area contributed by atoms with E-state index in [0.29, 0.717) is 5.92 Å². The summed E-state index contributed by atoms with van der Waals surface area (Å²) in [7, 11) is 0. The van der Waals surface area contributed by atoms with Crippen LogP contribution < -0.4 is 0 Å². The van der Waals surface area contributed by atoms with Crippen LogP contribution in [0.4, 0.5) is 0 Å². The lowest BCUT2D eigenvalue weighted by atomic mass is 9.81. The first-order valence-electron chi connectivity index (χ1n) is 4.38. The fourth-order valence-corrected chi connectivity index (χ4v) is 2.22. The second kappa shape index (κ2) is 2.82. The van der Waals surface area contributed by atoms with Crippen molar-refractivity contribution >= 4 is 0 Å². The number of fused-ring (bicyclic) bond motifs is 1. The van der Waals surface area contributed by atoms with Gasteiger partial charge >= 0.3 is 0 Å². The number of hydrogen-bond acceptors (Lipinski definition) is 1. The molecule has 0 heterocycles. The molecule has 1 heteroatoms. The van der Waals surface area contributed by atoms with Gasteiger partial charge in [0.15, 0.2) is 0 Å². The summed E-state index contributed by atoms with van der Waals surface area (Å²) in [5, 5.41) is 9.04. The molecule has 0 saturated carbocycles. The normalized spacial score (nSPS) is 35.2. The second-order valence-electron chi connectivity index (χ2n) is 3.46. The van der Waals surface area contributed by atoms with Crippen molar-refractivity contribution in [3.8, 4) is 0 Å². The summed E-state index contributed by atoms with van der Waals surface area (Å²) in [5.74, 6) is 1.39. The van der Waals surface area contributed by atoms with Gasteiger partial charge in [-0.05, 0) is 30.8 Å². The summed E-state index contributed by atoms with van der Waals surface area (Å²) in [6, 6.07) is 0. The fraction of sp³-hybridized carbons (Fsp3) is 0.600. The highest BCUT2D eigenvalue weighted by Crippen LogP contribution is 2.37. The molecule has 2 aliphatic carbocycles. The van der Waals surface area contributed by atoms with E-state index >= 15 is 0 Å². The maximum atomic E-state index is 9.04. The third kappa shape index (κ3) is 1.14. The molecule has 0 fully saturated rings. The van der Waals surface area contributed by atoms with Crippen LogP contribution in [-0.2, 0) is 0 Å². The fourth-order valence-electron chi connectivity index (χ4n) is 2.22. The average molecular weight is 150 g/mol. The van der Waals surface area contributed by atoms with Crippen LogP contribution in [0.5, 0.6) is 0 Å². The molecule has 2 aliphatic rings. The van der Waals surface area contributed by atoms with Crippen molar-refractivity contribution in [3.63, 3.8) is 0 Å². The van der Waals surface area contributed by atoms with Crippen LogP contribution in [-0.4, -0.2) is 11.7 Å². The molecule has 0 aliphatic heterocycles. The minimum atomic E-state index is 0.255. The summed E-state index contributed by atoms with van der Waals surface area (Å²) >= 11 is 0. The highest BCUT2D eigenvalue weighted by atomic mass is 16.3. The summed E-state index contributed by atoms with van der Waals surface area (Å²) in [4.78, 5) is 0. The maximum absolute atomic E-state index is 9.04. The minimum absolute atomic E-state index is 0.255. The lowest BCUT2D eigenvalue weighted by Crippen LogP contribution is -2.16. The largest absolute Gasteiger partial charge is 0.392 e. The van der Waals surface area contributed by atoms with Crippen LogP contribution in [0.1, 0.15) is 19.3 Å². The molecular weight excluding hydrogens is 136 g/mol. The summed E-state index contributed by atoms with van der Waals surface area (Å²) in [5.41, 5.74) is 1.25. The zero-order valence-corrected chi connectivity index (χ0v) is 6.66. The van der Waals surface area contributed by atoms with Crippen molar-refractivity contribution in [3.05, 3.63) is 23.8 Å². The van der Waals surface area contributed by atoms with Gasteiger partial charge in [0.1, 0.15) is 0 Å². The first-order chi connectivity index (χ1) is 5.42. The molecule has 1 nitrogen and oxygen atoms in total. The number of aliphatic hydroxyl groups is 1. The third-order valence-electron chi connectivity index (χ3n) is 2.84. The summed E-state index contributed by atoms with van der Waals surface area (Å²) < 4.78 is 0. The zero-order chi connectivity index (χ0) is 7.68. The van der Waals surface area contributed by atoms with Crippen molar-refractivity contribution in [1.29, 1.82) is 0 Å². The molecule has 2 rings (SSSR count). The molecule has 0 saturated heterocycles. The van der Waals surface area contributed by atoms with Crippen LogP contribution in [0.25, 0.3) is 0 Å². The van der Waals surface area contributed by atoms with Gasteiger partial charge in [0, 0.05) is 5.92 Å². The molecule has 0 aromatic heterocycles. The molecular formula is C10H14O. The van der Waals surface area contributed by atoms with Gasteiger partial charge < -0.3 is 5.11 Å². The predicted molar refractivity (Wildman–Crippen MR) is 45.1 cm³/mol. The van der Waals surface area contributed by atoms with E-state index in [9.17, 15) is 0 Å². The number of aliphatic hydroxyl groups excluding tert-OH is 1. The molecule has 0 unspecified atom stereocenters. The quantitative estimate of drug-likeness (QED) is 0.566. The Balaban J connectivity index is 2.18. The lowest BCUT2D eigenvalue weighted by molar-refractivity contribution is 0.295. The summed E-state index contributed by atoms with van der Waals surface area (Å²) in [6.45, 7) is 0.255. The van der Waals surface area contributed by atoms with Crippen molar-refractivity contribution in [2.24, 2.45) is 11.8 Å². The molecule has 0 bridgehead atoms. The van der Waals surface area contributed by atoms with Gasteiger partial charge in [-0.25, -0.2) is 0 Å². The monoisotopic (exact) mass is 150 g/mol. The second-order valence-corrected chi connectivity index (χ2v) is 3.46. The van der Waals surface area contributed by atoms with E-state index in [2.05, 4.69) is 18.2 Å². The number of rotatable bonds is 1. The number of hydrogen-bond donors (Lipinski definition) is 1. The molecule has 1 N–H and O–H groups in total. The lowest BCUT2D eigenvalue weighted by Gasteiger charge is -2.25. The van der Waals surface area contributed by atoms with E-state index in [0.717, 1.165) is 5.92 Å². The first-order valence-corrected chi connectivity index (χ1v) is 4.38. The van der Waals surface area contributed by atoms with Gasteiger partial charge in [0.25, 0.3) is 0 Å². The van der Waals surface area contributed by atoms with Gasteiger partial charge in [-0.1, -0.05) is 18.2 Å². The molecule has 0 aromatic carbocycles. The smallest absolute Gasteiger partial charge is 0.0647 e. The molecule has 0 aromatic rings. The summed E-state index contributed by atoms with van der Waals surface area (Å²) in [6.07, 6.45) is 10.4. The van der Waals surface area contributed by atoms with Crippen LogP contribution >= 0.6 is 0 Å². The van der Waals surface area contributed by atoms with E-state index in [-0.39, 0.29) is 6.61 Å². The van der Waals surface area contributed by atoms with Gasteiger partial charge in [-0.3, -0.25) is 0 Å². The topological polar surface area (TPSA) is 20.2 Å². The van der Waals surface area contributed by atoms with Gasteiger partial charge in [0.2, 0.25) is 0 Å². The SMILES string of the molecule is OCC1=CCC[C@@H]2CC=C[C@H]12. The standard InChI is InChI=1S/C10H14O/c11-7-9-5-1-3-8-4-2-6-10(8)9/h2,5-6,8,10-11H,1,3-4,7H2/t8-,10+/m1/s1. The Bertz CT molecular complexity index is 203. The Morgan fingerprint density at radius 3 is 3.27 bits per heavy atom. The van der Waals surface area contributed by atoms with Crippen LogP contribution in [0.2, 0.25) is 0 Å². The molecule has 0 radical (unpaired) electrons. The van der Waals surface area contributed by atoms with Crippen LogP contribution in [0.15, 0.2) is 23.8 Å². The molecule has 2 atom stereocenters. The van der Waals surface area contributed by atoms with Crippen molar-refractivity contribution < 1.29 is 5.11 Å². The predicted octanol–water partition coefficient (Wildman–Crippen LogP) is 1.89. The van der Waals surface area contributed by atoms with Crippen molar-refractivity contribution in [2.45, 2.75) is 19.3 Å². The van der Waals surface area contributed by atoms with Crippen molar-refractivity contribution in [1.82, 2.24) is 0 Å². The maximum Gasteiger partial charge on any atom is 0.0647 e. The highest BCUT2D eigenvalue weighted by molar-refractivity contribution is 5.22. The van der Waals surface area contributed by atoms with E-state index < -0.39 is 0 Å². The van der Waals surface area contributed by atoms with Gasteiger partial charge in [0.05, 0.1) is 6.61 Å². The van der Waals surface area contributed by atoms with Gasteiger partial charge in [-0.2, -0.15) is 0 Å². The minimum Gasteiger partial charge on any atom is -0.392 e. The third-order valence-corrected chi connectivity index (χ3v) is 2.84. The van der Waals surface area contributed by atoms with Crippen LogP contribution in [0, 0.1) is 11.8 Å². The highest BCUT2D eigenvalue weighted by Gasteiger charge is 2.27. The molecule has 11 heavy (non-hydrogen) atoms. The molecule has 0 amide bonds. The van der Waals surface area contributed by atoms with Crippen LogP contribution in [0.3, 0.4) is 0 Å². The first kappa shape index (κ1) is 7.11. The Kier molecular flexibility index (Phi) is 1.82. The Morgan fingerprint density at radius 2 is 2.45 bits per heavy atom. The average Bonchev–Trinajstić information content (AvgIpc) is 2.50. The van der Waals surface area contributed by atoms with E-state index in [1.54, 1.807) is 0 Å². The Morgan fingerprint density at radius 1 is 1.55 bits per heavy atom. The Hall–Kier alpha value is -0.560. The number of allylic oxidation sites excluding steroid dienone is 3. The molecule has 0 spiro atoms. The van der Waals surface area contributed by atoms with Gasteiger partial charge in [-0.15, -0.1) is 0 Å². The molecule has 60 valence electrons. The van der Waals surface area contributed by atoms with E-state index in [1.807, 2.05) is 0 Å². The van der Waals surface area contributed by atoms with E-state index in [4.69, 9.17) is 5.11 Å². The Labute approximate surface area is 67.4 Å². The van der Waals surface area contributed by atoms with Crippen molar-refractivity contribution in [2.75, 3.05) is 6.61 Å².